The van der Waals surface area contributed by atoms with Crippen LogP contribution in [0.2, 0.25) is 0 Å². The zero-order valence-electron chi connectivity index (χ0n) is 13.8. The van der Waals surface area contributed by atoms with Crippen molar-refractivity contribution in [3.8, 4) is 0 Å². The van der Waals surface area contributed by atoms with E-state index in [1.165, 1.54) is 37.8 Å². The van der Waals surface area contributed by atoms with Gasteiger partial charge in [-0.2, -0.15) is 0 Å². The van der Waals surface area contributed by atoms with Gasteiger partial charge in [-0.3, -0.25) is 4.79 Å². The Morgan fingerprint density at radius 3 is 2.50 bits per heavy atom. The molecule has 2 aliphatic carbocycles. The fourth-order valence-corrected chi connectivity index (χ4v) is 4.23. The number of aryl methyl sites for hydroxylation is 1. The van der Waals surface area contributed by atoms with Crippen LogP contribution >= 0.6 is 0 Å². The summed E-state index contributed by atoms with van der Waals surface area (Å²) >= 11 is 0. The first-order valence-corrected chi connectivity index (χ1v) is 8.68. The Hall–Kier alpha value is -2.17. The molecule has 4 rings (SSSR count). The highest BCUT2D eigenvalue weighted by molar-refractivity contribution is 5.83. The van der Waals surface area contributed by atoms with Crippen molar-refractivity contribution in [2.24, 2.45) is 24.8 Å². The SMILES string of the molecule is Cn1ccnc1[C@H](NC(=O)C1[C@H]2CCCC[C@@H]12)c1ccc(F)cc1. The van der Waals surface area contributed by atoms with Crippen molar-refractivity contribution in [2.75, 3.05) is 0 Å². The quantitative estimate of drug-likeness (QED) is 0.937. The highest BCUT2D eigenvalue weighted by Gasteiger charge is 2.55. The van der Waals surface area contributed by atoms with E-state index in [0.29, 0.717) is 11.8 Å². The number of amides is 1. The molecule has 1 heterocycles. The predicted molar refractivity (Wildman–Crippen MR) is 88.5 cm³/mol. The van der Waals surface area contributed by atoms with E-state index in [4.69, 9.17) is 0 Å². The second kappa shape index (κ2) is 6.04. The number of rotatable bonds is 4. The Bertz CT molecular complexity index is 727. The maximum Gasteiger partial charge on any atom is 0.224 e. The number of carbonyl (C=O) groups is 1. The minimum Gasteiger partial charge on any atom is -0.342 e. The van der Waals surface area contributed by atoms with E-state index in [9.17, 15) is 9.18 Å². The van der Waals surface area contributed by atoms with Gasteiger partial charge in [-0.1, -0.05) is 25.0 Å². The number of aromatic nitrogens is 2. The summed E-state index contributed by atoms with van der Waals surface area (Å²) < 4.78 is 15.2. The van der Waals surface area contributed by atoms with Gasteiger partial charge in [0.25, 0.3) is 0 Å². The molecule has 1 amide bonds. The van der Waals surface area contributed by atoms with Crippen molar-refractivity contribution >= 4 is 5.91 Å². The van der Waals surface area contributed by atoms with Crippen LogP contribution < -0.4 is 5.32 Å². The van der Waals surface area contributed by atoms with E-state index in [1.807, 2.05) is 17.8 Å². The second-order valence-corrected chi connectivity index (χ2v) is 7.03. The third-order valence-corrected chi connectivity index (χ3v) is 5.57. The monoisotopic (exact) mass is 327 g/mol. The van der Waals surface area contributed by atoms with Crippen LogP contribution in [-0.2, 0) is 11.8 Å². The molecule has 5 heteroatoms. The van der Waals surface area contributed by atoms with Gasteiger partial charge in [0.1, 0.15) is 17.7 Å². The highest BCUT2D eigenvalue weighted by Crippen LogP contribution is 2.55. The number of hydrogen-bond donors (Lipinski definition) is 1. The summed E-state index contributed by atoms with van der Waals surface area (Å²) in [6.45, 7) is 0. The number of imidazole rings is 1. The summed E-state index contributed by atoms with van der Waals surface area (Å²) in [4.78, 5) is 17.2. The van der Waals surface area contributed by atoms with Crippen LogP contribution in [0, 0.1) is 23.6 Å². The third kappa shape index (κ3) is 2.72. The van der Waals surface area contributed by atoms with Gasteiger partial charge < -0.3 is 9.88 Å². The molecule has 0 saturated heterocycles. The number of hydrogen-bond acceptors (Lipinski definition) is 2. The van der Waals surface area contributed by atoms with Gasteiger partial charge in [-0.05, 0) is 42.4 Å². The summed E-state index contributed by atoms with van der Waals surface area (Å²) in [5, 5.41) is 3.17. The average Bonchev–Trinajstić information content (AvgIpc) is 3.18. The number of benzene rings is 1. The van der Waals surface area contributed by atoms with Gasteiger partial charge in [0.15, 0.2) is 0 Å². The molecule has 2 fully saturated rings. The fourth-order valence-electron chi connectivity index (χ4n) is 4.23. The molecule has 1 aromatic carbocycles. The molecule has 0 radical (unpaired) electrons. The summed E-state index contributed by atoms with van der Waals surface area (Å²) in [5.41, 5.74) is 0.850. The van der Waals surface area contributed by atoms with Gasteiger partial charge in [0.2, 0.25) is 5.91 Å². The maximum atomic E-state index is 13.3. The van der Waals surface area contributed by atoms with Crippen molar-refractivity contribution in [1.29, 1.82) is 0 Å². The number of nitrogens with zero attached hydrogens (tertiary/aromatic N) is 2. The normalized spacial score (nSPS) is 26.5. The molecule has 1 N–H and O–H groups in total. The zero-order valence-corrected chi connectivity index (χ0v) is 13.8. The number of nitrogens with one attached hydrogen (secondary N) is 1. The molecule has 1 unspecified atom stereocenters. The molecular formula is C19H22FN3O. The Morgan fingerprint density at radius 2 is 1.92 bits per heavy atom. The molecule has 126 valence electrons. The fraction of sp³-hybridized carbons (Fsp3) is 0.474. The van der Waals surface area contributed by atoms with Gasteiger partial charge >= 0.3 is 0 Å². The Kier molecular flexibility index (Phi) is 3.87. The van der Waals surface area contributed by atoms with Crippen LogP contribution in [0.15, 0.2) is 36.7 Å². The van der Waals surface area contributed by atoms with Crippen molar-refractivity contribution in [2.45, 2.75) is 31.7 Å². The second-order valence-electron chi connectivity index (χ2n) is 7.03. The third-order valence-electron chi connectivity index (χ3n) is 5.57. The molecule has 24 heavy (non-hydrogen) atoms. The molecule has 0 aliphatic heterocycles. The number of fused-ring (bicyclic) bond motifs is 1. The summed E-state index contributed by atoms with van der Waals surface area (Å²) in [7, 11) is 1.90. The lowest BCUT2D eigenvalue weighted by Gasteiger charge is -2.19. The first-order chi connectivity index (χ1) is 11.6. The largest absolute Gasteiger partial charge is 0.342 e. The van der Waals surface area contributed by atoms with Gasteiger partial charge in [-0.15, -0.1) is 0 Å². The van der Waals surface area contributed by atoms with E-state index < -0.39 is 0 Å². The maximum absolute atomic E-state index is 13.3. The average molecular weight is 327 g/mol. The standard InChI is InChI=1S/C19H22FN3O/c1-23-11-10-21-18(23)17(12-6-8-13(20)9-7-12)22-19(24)16-14-4-2-3-5-15(14)16/h6-11,14-17H,2-5H2,1H3,(H,22,24)/t14-,15+,16?,17-/m1/s1. The molecule has 1 aromatic heterocycles. The summed E-state index contributed by atoms with van der Waals surface area (Å²) in [6, 6.07) is 5.94. The smallest absolute Gasteiger partial charge is 0.224 e. The van der Waals surface area contributed by atoms with Crippen LogP contribution in [-0.4, -0.2) is 15.5 Å². The van der Waals surface area contributed by atoms with E-state index in [1.54, 1.807) is 18.3 Å². The van der Waals surface area contributed by atoms with E-state index in [-0.39, 0.29) is 23.7 Å². The van der Waals surface area contributed by atoms with Gasteiger partial charge in [0, 0.05) is 25.4 Å². The molecule has 4 nitrogen and oxygen atoms in total. The van der Waals surface area contributed by atoms with Crippen molar-refractivity contribution in [3.63, 3.8) is 0 Å². The first kappa shape index (κ1) is 15.4. The Labute approximate surface area is 141 Å². The van der Waals surface area contributed by atoms with Gasteiger partial charge in [0.05, 0.1) is 0 Å². The number of halogens is 1. The lowest BCUT2D eigenvalue weighted by Crippen LogP contribution is -2.33. The highest BCUT2D eigenvalue weighted by atomic mass is 19.1. The van der Waals surface area contributed by atoms with Crippen LogP contribution in [0.1, 0.15) is 43.1 Å². The lowest BCUT2D eigenvalue weighted by atomic mass is 10.0. The lowest BCUT2D eigenvalue weighted by molar-refractivity contribution is -0.123. The van der Waals surface area contributed by atoms with Crippen molar-refractivity contribution < 1.29 is 9.18 Å². The van der Waals surface area contributed by atoms with Crippen LogP contribution in [0.4, 0.5) is 4.39 Å². The number of carbonyl (C=O) groups excluding carboxylic acids is 1. The summed E-state index contributed by atoms with van der Waals surface area (Å²) in [5.74, 6) is 1.87. The van der Waals surface area contributed by atoms with Crippen molar-refractivity contribution in [1.82, 2.24) is 14.9 Å². The zero-order chi connectivity index (χ0) is 16.7. The molecule has 2 aromatic rings. The van der Waals surface area contributed by atoms with E-state index >= 15 is 0 Å². The Balaban J connectivity index is 1.58. The van der Waals surface area contributed by atoms with Crippen molar-refractivity contribution in [3.05, 3.63) is 53.9 Å². The minimum absolute atomic E-state index is 0.115. The van der Waals surface area contributed by atoms with E-state index in [0.717, 1.165) is 11.4 Å². The molecular weight excluding hydrogens is 305 g/mol. The van der Waals surface area contributed by atoms with Crippen LogP contribution in [0.3, 0.4) is 0 Å². The van der Waals surface area contributed by atoms with Gasteiger partial charge in [-0.25, -0.2) is 9.37 Å². The predicted octanol–water partition coefficient (Wildman–Crippen LogP) is 3.20. The van der Waals surface area contributed by atoms with E-state index in [2.05, 4.69) is 10.3 Å². The molecule has 0 bridgehead atoms. The minimum atomic E-state index is -0.347. The molecule has 2 aliphatic rings. The summed E-state index contributed by atoms with van der Waals surface area (Å²) in [6.07, 6.45) is 8.40. The van der Waals surface area contributed by atoms with Crippen LogP contribution in [0.5, 0.6) is 0 Å². The molecule has 0 spiro atoms. The Morgan fingerprint density at radius 1 is 1.25 bits per heavy atom. The first-order valence-electron chi connectivity index (χ1n) is 8.68. The topological polar surface area (TPSA) is 46.9 Å². The molecule has 2 saturated carbocycles. The van der Waals surface area contributed by atoms with Crippen LogP contribution in [0.25, 0.3) is 0 Å². The molecule has 4 atom stereocenters.